The maximum Gasteiger partial charge on any atom is 0.213 e. The van der Waals surface area contributed by atoms with Gasteiger partial charge in [-0.2, -0.15) is 5.10 Å². The number of rotatable bonds is 2. The van der Waals surface area contributed by atoms with Crippen LogP contribution in [0.25, 0.3) is 0 Å². The van der Waals surface area contributed by atoms with E-state index < -0.39 is 0 Å². The topological polar surface area (TPSA) is 24.8 Å². The Hall–Kier alpha value is -2.49. The fourth-order valence-electron chi connectivity index (χ4n) is 3.71. The Morgan fingerprint density at radius 3 is 2.41 bits per heavy atom. The summed E-state index contributed by atoms with van der Waals surface area (Å²) in [7, 11) is 0. The standard InChI is InChI=1S/C22H16Cl2N2O/c23-16-8-6-15(7-9-16)22-26-20(18-12-17(24)10-11-21(18)27-22)13-19(25-26)14-4-2-1-3-5-14/h1-12,20,22H,13H2/t20-,22-/m0/s1. The summed E-state index contributed by atoms with van der Waals surface area (Å²) in [4.78, 5) is 0. The zero-order valence-corrected chi connectivity index (χ0v) is 15.9. The molecule has 3 aromatic carbocycles. The molecule has 0 saturated carbocycles. The van der Waals surface area contributed by atoms with E-state index in [-0.39, 0.29) is 12.3 Å². The molecule has 3 nitrogen and oxygen atoms in total. The van der Waals surface area contributed by atoms with Gasteiger partial charge in [0.25, 0.3) is 0 Å². The van der Waals surface area contributed by atoms with Gasteiger partial charge in [-0.3, -0.25) is 0 Å². The molecule has 0 aromatic heterocycles. The van der Waals surface area contributed by atoms with Crippen molar-refractivity contribution in [2.24, 2.45) is 5.10 Å². The molecule has 0 amide bonds. The number of fused-ring (bicyclic) bond motifs is 3. The maximum atomic E-state index is 6.33. The Morgan fingerprint density at radius 1 is 0.889 bits per heavy atom. The van der Waals surface area contributed by atoms with E-state index in [0.717, 1.165) is 34.6 Å². The number of benzene rings is 3. The van der Waals surface area contributed by atoms with Crippen molar-refractivity contribution in [3.05, 3.63) is 99.5 Å². The Balaban J connectivity index is 1.61. The van der Waals surface area contributed by atoms with E-state index in [1.165, 1.54) is 0 Å². The Bertz CT molecular complexity index is 1020. The van der Waals surface area contributed by atoms with Crippen molar-refractivity contribution < 1.29 is 4.74 Å². The zero-order chi connectivity index (χ0) is 18.4. The minimum absolute atomic E-state index is 0.0864. The highest BCUT2D eigenvalue weighted by atomic mass is 35.5. The second-order valence-electron chi connectivity index (χ2n) is 6.72. The van der Waals surface area contributed by atoms with Crippen LogP contribution < -0.4 is 4.74 Å². The third-order valence-electron chi connectivity index (χ3n) is 5.01. The number of halogens is 2. The molecule has 2 heterocycles. The van der Waals surface area contributed by atoms with Gasteiger partial charge in [0.05, 0.1) is 11.8 Å². The predicted molar refractivity (Wildman–Crippen MR) is 108 cm³/mol. The first-order chi connectivity index (χ1) is 13.2. The first-order valence-electron chi connectivity index (χ1n) is 8.82. The summed E-state index contributed by atoms with van der Waals surface area (Å²) < 4.78 is 6.33. The fraction of sp³-hybridized carbons (Fsp3) is 0.136. The molecule has 0 unspecified atom stereocenters. The van der Waals surface area contributed by atoms with Gasteiger partial charge >= 0.3 is 0 Å². The first-order valence-corrected chi connectivity index (χ1v) is 9.57. The molecule has 0 radical (unpaired) electrons. The average molecular weight is 395 g/mol. The first kappa shape index (κ1) is 16.7. The largest absolute Gasteiger partial charge is 0.464 e. The van der Waals surface area contributed by atoms with Crippen LogP contribution in [0, 0.1) is 0 Å². The highest BCUT2D eigenvalue weighted by molar-refractivity contribution is 6.30. The number of hydrogen-bond donors (Lipinski definition) is 0. The molecule has 134 valence electrons. The minimum Gasteiger partial charge on any atom is -0.464 e. The fourth-order valence-corrected chi connectivity index (χ4v) is 4.02. The number of hydrogen-bond acceptors (Lipinski definition) is 3. The lowest BCUT2D eigenvalue weighted by atomic mass is 9.96. The van der Waals surface area contributed by atoms with Crippen LogP contribution in [0.1, 0.15) is 35.4 Å². The molecule has 0 spiro atoms. The smallest absolute Gasteiger partial charge is 0.213 e. The highest BCUT2D eigenvalue weighted by Gasteiger charge is 2.41. The lowest BCUT2D eigenvalue weighted by Crippen LogP contribution is -2.33. The van der Waals surface area contributed by atoms with E-state index in [0.29, 0.717) is 10.0 Å². The van der Waals surface area contributed by atoms with Gasteiger partial charge < -0.3 is 4.74 Å². The van der Waals surface area contributed by atoms with E-state index in [2.05, 4.69) is 12.1 Å². The quantitative estimate of drug-likeness (QED) is 0.513. The van der Waals surface area contributed by atoms with E-state index in [1.807, 2.05) is 65.7 Å². The van der Waals surface area contributed by atoms with Crippen LogP contribution >= 0.6 is 23.2 Å². The van der Waals surface area contributed by atoms with Crippen LogP contribution in [0.5, 0.6) is 5.75 Å². The van der Waals surface area contributed by atoms with Crippen LogP contribution in [-0.2, 0) is 0 Å². The number of ether oxygens (including phenoxy) is 1. The highest BCUT2D eigenvalue weighted by Crippen LogP contribution is 2.48. The van der Waals surface area contributed by atoms with Crippen LogP contribution in [-0.4, -0.2) is 10.7 Å². The van der Waals surface area contributed by atoms with Crippen molar-refractivity contribution in [3.63, 3.8) is 0 Å². The van der Waals surface area contributed by atoms with E-state index in [9.17, 15) is 0 Å². The van der Waals surface area contributed by atoms with Crippen molar-refractivity contribution >= 4 is 28.9 Å². The van der Waals surface area contributed by atoms with Gasteiger partial charge in [-0.1, -0.05) is 65.7 Å². The van der Waals surface area contributed by atoms with Gasteiger partial charge in [-0.25, -0.2) is 5.01 Å². The zero-order valence-electron chi connectivity index (χ0n) is 14.3. The summed E-state index contributed by atoms with van der Waals surface area (Å²) in [6.45, 7) is 0. The van der Waals surface area contributed by atoms with Crippen molar-refractivity contribution in [1.82, 2.24) is 5.01 Å². The van der Waals surface area contributed by atoms with Crippen molar-refractivity contribution in [2.45, 2.75) is 18.7 Å². The number of hydrazone groups is 1. The Morgan fingerprint density at radius 2 is 1.63 bits per heavy atom. The summed E-state index contributed by atoms with van der Waals surface area (Å²) in [6, 6.07) is 23.9. The summed E-state index contributed by atoms with van der Waals surface area (Å²) in [5.41, 5.74) is 4.27. The van der Waals surface area contributed by atoms with Crippen molar-refractivity contribution in [2.75, 3.05) is 0 Å². The molecule has 27 heavy (non-hydrogen) atoms. The van der Waals surface area contributed by atoms with Crippen molar-refractivity contribution in [3.8, 4) is 5.75 Å². The van der Waals surface area contributed by atoms with Gasteiger partial charge in [0.2, 0.25) is 6.23 Å². The van der Waals surface area contributed by atoms with Gasteiger partial charge in [0.15, 0.2) is 0 Å². The Labute approximate surface area is 167 Å². The molecule has 2 aliphatic heterocycles. The SMILES string of the molecule is Clc1ccc([C@@H]2Oc3ccc(Cl)cc3[C@@H]3CC(c4ccccc4)=NN32)cc1. The lowest BCUT2D eigenvalue weighted by Gasteiger charge is -2.38. The predicted octanol–water partition coefficient (Wildman–Crippen LogP) is 6.24. The summed E-state index contributed by atoms with van der Waals surface area (Å²) in [6.07, 6.45) is 0.507. The number of nitrogens with zero attached hydrogens (tertiary/aromatic N) is 2. The van der Waals surface area contributed by atoms with Gasteiger partial charge in [-0.15, -0.1) is 0 Å². The normalized spacial score (nSPS) is 20.5. The molecule has 0 bridgehead atoms. The summed E-state index contributed by atoms with van der Waals surface area (Å²) in [5, 5.41) is 8.39. The molecule has 2 aliphatic rings. The van der Waals surface area contributed by atoms with E-state index in [1.54, 1.807) is 0 Å². The second-order valence-corrected chi connectivity index (χ2v) is 7.59. The van der Waals surface area contributed by atoms with E-state index >= 15 is 0 Å². The van der Waals surface area contributed by atoms with Crippen LogP contribution in [0.2, 0.25) is 10.0 Å². The lowest BCUT2D eigenvalue weighted by molar-refractivity contribution is -0.0190. The second kappa shape index (κ2) is 6.59. The molecular weight excluding hydrogens is 379 g/mol. The molecular formula is C22H16Cl2N2O. The molecule has 0 saturated heterocycles. The molecule has 5 rings (SSSR count). The van der Waals surface area contributed by atoms with Crippen molar-refractivity contribution in [1.29, 1.82) is 0 Å². The monoisotopic (exact) mass is 394 g/mol. The molecule has 0 aliphatic carbocycles. The van der Waals surface area contributed by atoms with E-state index in [4.69, 9.17) is 33.0 Å². The maximum absolute atomic E-state index is 6.33. The third kappa shape index (κ3) is 2.97. The minimum atomic E-state index is -0.304. The summed E-state index contributed by atoms with van der Waals surface area (Å²) >= 11 is 12.3. The van der Waals surface area contributed by atoms with Gasteiger partial charge in [0, 0.05) is 27.6 Å². The van der Waals surface area contributed by atoms with Crippen LogP contribution in [0.15, 0.2) is 77.9 Å². The average Bonchev–Trinajstić information content (AvgIpc) is 3.15. The third-order valence-corrected chi connectivity index (χ3v) is 5.50. The van der Waals surface area contributed by atoms with Crippen LogP contribution in [0.4, 0.5) is 0 Å². The van der Waals surface area contributed by atoms with Gasteiger partial charge in [-0.05, 0) is 35.9 Å². The molecule has 0 N–H and O–H groups in total. The van der Waals surface area contributed by atoms with Gasteiger partial charge in [0.1, 0.15) is 5.75 Å². The molecule has 5 heteroatoms. The molecule has 3 aromatic rings. The van der Waals surface area contributed by atoms with Crippen LogP contribution in [0.3, 0.4) is 0 Å². The Kier molecular flexibility index (Phi) is 4.07. The summed E-state index contributed by atoms with van der Waals surface area (Å²) in [5.74, 6) is 0.852. The molecule has 0 fully saturated rings. The molecule has 2 atom stereocenters.